The summed E-state index contributed by atoms with van der Waals surface area (Å²) in [6.07, 6.45) is -294. The van der Waals surface area contributed by atoms with Gasteiger partial charge < -0.3 is 5.11 Å². The molecule has 14 atom stereocenters. The van der Waals surface area contributed by atoms with Crippen LogP contribution in [0.15, 0.2) is 0 Å². The minimum Gasteiger partial charge on any atom is -0.477 e. The molecule has 0 bridgehead atoms. The maximum atomic E-state index is 15.4. The summed E-state index contributed by atoms with van der Waals surface area (Å²) in [6.45, 7) is 0. The Balaban J connectivity index is 9.29. The third kappa shape index (κ3) is 23.2. The first-order valence-corrected chi connectivity index (χ1v) is 30.5. The van der Waals surface area contributed by atoms with Crippen molar-refractivity contribution in [3.8, 4) is 0 Å². The van der Waals surface area contributed by atoms with E-state index in [2.05, 4.69) is 0 Å². The third-order valence-electron chi connectivity index (χ3n) is 14.7. The monoisotopic (exact) mass is 2490 g/mol. The topological polar surface area (TPSA) is 167 Å². The predicted molar refractivity (Wildman–Crippen MR) is 242 cm³/mol. The van der Waals surface area contributed by atoms with Gasteiger partial charge in [0.1, 0.15) is 0 Å². The van der Waals surface area contributed by atoms with Crippen LogP contribution in [0.1, 0.15) is 0 Å². The predicted octanol–water partition coefficient (Wildman–Crippen LogP) is 27.0. The van der Waals surface area contributed by atoms with Gasteiger partial charge in [-0.1, -0.05) is 0 Å². The van der Waals surface area contributed by atoms with E-state index in [0.29, 0.717) is 18.9 Å². The maximum Gasteiger partial charge on any atom is 0.462 e. The number of rotatable bonds is 43. The van der Waals surface area contributed by atoms with Crippen molar-refractivity contribution >= 4 is 5.97 Å². The van der Waals surface area contributed by atoms with Crippen molar-refractivity contribution in [2.75, 3.05) is 0 Å². The molecule has 0 aliphatic heterocycles. The number of carboxylic acids is 1. The van der Waals surface area contributed by atoms with Crippen molar-refractivity contribution in [3.63, 3.8) is 0 Å². The Morgan fingerprint density at radius 3 is 0.240 bits per heavy atom. The second-order valence-electron chi connectivity index (χ2n) is 25.3. The molecule has 0 amide bonds. The van der Waals surface area contributed by atoms with E-state index in [1.807, 2.05) is 0 Å². The number of carbonyl (C=O) groups is 1. The summed E-state index contributed by atoms with van der Waals surface area (Å²) in [7, 11) is 0. The molecule has 0 saturated heterocycles. The van der Waals surface area contributed by atoms with Gasteiger partial charge in [0.15, 0.2) is 0 Å². The molecule has 150 heavy (non-hydrogen) atoms. The van der Waals surface area contributed by atoms with Crippen molar-refractivity contribution in [3.05, 3.63) is 0 Å². The lowest BCUT2D eigenvalue weighted by molar-refractivity contribution is -0.615. The number of alkyl halides is 89. The molecule has 0 aromatic heterocycles. The Hall–Kier alpha value is -7.32. The van der Waals surface area contributed by atoms with Crippen molar-refractivity contribution in [2.24, 2.45) is 0 Å². The van der Waals surface area contributed by atoms with Gasteiger partial charge in [-0.3, -0.25) is 66.3 Å². The molecule has 0 heterocycles. The van der Waals surface area contributed by atoms with Crippen molar-refractivity contribution in [2.45, 2.75) is 266 Å². The van der Waals surface area contributed by atoms with Crippen LogP contribution >= 0.6 is 0 Å². The van der Waals surface area contributed by atoms with Crippen molar-refractivity contribution in [1.82, 2.24) is 0 Å². The number of hydrogen-bond acceptors (Lipinski definition) is 15. The first kappa shape index (κ1) is 143. The zero-order valence-electron chi connectivity index (χ0n) is 62.7. The van der Waals surface area contributed by atoms with Gasteiger partial charge in [-0.2, -0.15) is 391 Å². The molecule has 1 N–H and O–H groups in total. The normalized spacial score (nSPS) is 21.6. The summed E-state index contributed by atoms with van der Waals surface area (Å²) in [5, 5.41) is 8.04. The van der Waals surface area contributed by atoms with Gasteiger partial charge >= 0.3 is 272 Å². The molecule has 0 fully saturated rings. The zero-order valence-corrected chi connectivity index (χ0v) is 62.7. The van der Waals surface area contributed by atoms with E-state index in [-0.39, 0.29) is 42.6 Å². The van der Waals surface area contributed by atoms with E-state index >= 15 is 96.6 Å². The lowest BCUT2D eigenvalue weighted by Gasteiger charge is -2.46. The van der Waals surface area contributed by atoms with Crippen LogP contribution in [-0.4, -0.2) is 277 Å². The number of aliphatic carboxylic acids is 1. The van der Waals surface area contributed by atoms with E-state index in [1.54, 1.807) is 0 Å². The molecule has 105 heteroatoms. The number of carboxylic acid groups (broad SMARTS) is 1. The summed E-state index contributed by atoms with van der Waals surface area (Å²) >= 11 is 0. The van der Waals surface area contributed by atoms with E-state index in [9.17, 15) is 299 Å². The Bertz CT molecular complexity index is 4430. The fourth-order valence-electron chi connectivity index (χ4n) is 7.45. The quantitative estimate of drug-likeness (QED) is 0.0572. The molecular weight excluding hydrogens is 2490 g/mol. The standard InChI is InChI=1S/C45HF89O16/c46-2(1(135)136,17(62,63)64)137-33(109,110)4(49,19(68,69)70)139-35(113,114)6(51,21(74,75)76)141-37(117,118)8(53,23(80,81)82)143-39(121,122)10(55,25(86,87)88)145-41(125,126)12(57,27(92,93)94)147-43(129,130)14(59,29(98,99)100)149-45(133,134)16(61,31(104,105)106)150-44(131,132)15(60,30(101,102)103)148-42(127,128)13(58,28(95,96)97)146-40(123,124)11(56,26(89,90)91)144-38(119,120)9(54,24(83,84)85)142-36(115,116)7(52,22(77,78)79)140-34(111,112)5(50,20(71,72)73)138-32(107,108)3(47,48)18(65,66)67/h(H,135,136). The van der Waals surface area contributed by atoms with Gasteiger partial charge in [0.2, 0.25) is 0 Å². The lowest BCUT2D eigenvalue weighted by Crippen LogP contribution is -2.74. The summed E-state index contributed by atoms with van der Waals surface area (Å²) < 4.78 is 1270. The molecule has 0 radical (unpaired) electrons. The summed E-state index contributed by atoms with van der Waals surface area (Å²) in [5.41, 5.74) is 0. The molecular formula is C45HF89O16. The van der Waals surface area contributed by atoms with Crippen molar-refractivity contribution in [1.29, 1.82) is 0 Å². The molecule has 900 valence electrons. The van der Waals surface area contributed by atoms with Crippen LogP contribution in [0, 0.1) is 0 Å². The molecule has 0 rings (SSSR count). The van der Waals surface area contributed by atoms with E-state index in [1.165, 1.54) is 0 Å². The second kappa shape index (κ2) is 37.4. The zero-order chi connectivity index (χ0) is 123. The molecule has 0 saturated carbocycles. The first-order chi connectivity index (χ1) is 63.1. The smallest absolute Gasteiger partial charge is 0.462 e. The molecule has 14 unspecified atom stereocenters. The molecule has 0 spiro atoms. The highest BCUT2D eigenvalue weighted by molar-refractivity contribution is 5.76. The van der Waals surface area contributed by atoms with Crippen LogP contribution in [0.25, 0.3) is 0 Å². The highest BCUT2D eigenvalue weighted by Crippen LogP contribution is 2.71. The molecule has 0 aromatic rings. The Kier molecular flexibility index (Phi) is 35.6. The number of hydrogen-bond donors (Lipinski definition) is 1. The Labute approximate surface area is 740 Å². The first-order valence-electron chi connectivity index (χ1n) is 30.5. The second-order valence-corrected chi connectivity index (χ2v) is 25.3. The van der Waals surface area contributed by atoms with Gasteiger partial charge in [0.05, 0.1) is 0 Å². The Morgan fingerprint density at radius 1 is 0.107 bits per heavy atom. The lowest BCUT2D eigenvalue weighted by atomic mass is 10.1. The van der Waals surface area contributed by atoms with Crippen LogP contribution < -0.4 is 0 Å². The number of ether oxygens (including phenoxy) is 14. The minimum atomic E-state index is -11.0. The largest absolute Gasteiger partial charge is 0.477 e. The van der Waals surface area contributed by atoms with Gasteiger partial charge in [0.25, 0.3) is 0 Å². The van der Waals surface area contributed by atoms with Crippen molar-refractivity contribution < 1.29 is 467 Å². The van der Waals surface area contributed by atoms with Crippen LogP contribution in [0.3, 0.4) is 0 Å². The highest BCUT2D eigenvalue weighted by Gasteiger charge is 2.99. The van der Waals surface area contributed by atoms with Crippen LogP contribution in [0.2, 0.25) is 0 Å². The summed E-state index contributed by atoms with van der Waals surface area (Å²) in [6, 6.07) is 0. The Morgan fingerprint density at radius 2 is 0.180 bits per heavy atom. The molecule has 0 aliphatic carbocycles. The molecule has 0 aromatic carbocycles. The van der Waals surface area contributed by atoms with Crippen LogP contribution in [-0.2, 0) is 71.1 Å². The summed E-state index contributed by atoms with van der Waals surface area (Å²) in [4.78, 5) is 10.5. The van der Waals surface area contributed by atoms with E-state index in [0.717, 1.165) is 4.74 Å². The summed E-state index contributed by atoms with van der Waals surface area (Å²) in [5.74, 6) is -160. The molecule has 16 nitrogen and oxygen atoms in total. The fraction of sp³-hybridized carbons (Fsp3) is 0.978. The minimum absolute atomic E-state index is 0.0918. The van der Waals surface area contributed by atoms with E-state index in [4.69, 9.17) is 5.11 Å². The fourth-order valence-corrected chi connectivity index (χ4v) is 7.45. The van der Waals surface area contributed by atoms with Crippen LogP contribution in [0.4, 0.5) is 391 Å². The van der Waals surface area contributed by atoms with Gasteiger partial charge in [-0.25, -0.2) is 4.79 Å². The third-order valence-corrected chi connectivity index (χ3v) is 14.7. The average molecular weight is 2490 g/mol. The van der Waals surface area contributed by atoms with Gasteiger partial charge in [-0.05, 0) is 0 Å². The maximum absolute atomic E-state index is 15.4. The van der Waals surface area contributed by atoms with Crippen LogP contribution in [0.5, 0.6) is 0 Å². The number of halogens is 89. The van der Waals surface area contributed by atoms with E-state index < -0.39 is 272 Å². The SMILES string of the molecule is O=C(O)C(F)(OC(F)(F)C(F)(OC(F)(F)C(F)(OC(F)(F)C(F)(OC(F)(F)C(F)(OC(F)(F)C(F)(OC(F)(F)C(F)(OC(F)(F)C(F)(OC(F)(F)C(F)(OC(F)(F)C(F)(OC(F)(F)C(F)(OC(F)(F)C(F)(OC(F)(F)C(F)(OC(F)(F)C(F)(OC(F)(F)C(F)(F)C(F)(F)F)C(F)(F)F)C(F)(F)F)C(F)(F)F)C(F)(F)F)C(F)(F)F)C(F)(F)F)C(F)(F)F)C(F)(F)F)C(F)(F)F)C(F)(F)F)C(F)(F)F)C(F)(F)F)C(F)(F)F)C(F)(F)F. The van der Waals surface area contributed by atoms with Gasteiger partial charge in [-0.15, -0.1) is 0 Å². The average Bonchev–Trinajstić information content (AvgIpc) is 0.715. The van der Waals surface area contributed by atoms with Gasteiger partial charge in [0, 0.05) is 0 Å². The molecule has 0 aliphatic rings. The highest BCUT2D eigenvalue weighted by atomic mass is 19.5.